The van der Waals surface area contributed by atoms with Gasteiger partial charge in [0.15, 0.2) is 11.5 Å². The van der Waals surface area contributed by atoms with Gasteiger partial charge in [-0.25, -0.2) is 4.98 Å². The molecule has 0 spiro atoms. The summed E-state index contributed by atoms with van der Waals surface area (Å²) in [4.78, 5) is 4.23. The molecule has 0 saturated heterocycles. The van der Waals surface area contributed by atoms with Crippen molar-refractivity contribution in [2.24, 2.45) is 0 Å². The summed E-state index contributed by atoms with van der Waals surface area (Å²) in [6.45, 7) is 0. The molecule has 6 nitrogen and oxygen atoms in total. The van der Waals surface area contributed by atoms with Crippen LogP contribution in [0.3, 0.4) is 0 Å². The first kappa shape index (κ1) is 15.2. The minimum Gasteiger partial charge on any atom is -0.493 e. The van der Waals surface area contributed by atoms with Crippen molar-refractivity contribution in [3.63, 3.8) is 0 Å². The zero-order valence-electron chi connectivity index (χ0n) is 11.9. The third-order valence-electron chi connectivity index (χ3n) is 2.79. The van der Waals surface area contributed by atoms with Gasteiger partial charge in [0.25, 0.3) is 0 Å². The predicted octanol–water partition coefficient (Wildman–Crippen LogP) is 3.20. The summed E-state index contributed by atoms with van der Waals surface area (Å²) in [6.07, 6.45) is 1.57. The number of benzene rings is 1. The van der Waals surface area contributed by atoms with Crippen LogP contribution in [0.2, 0.25) is 0 Å². The molecule has 112 valence electrons. The lowest BCUT2D eigenvalue weighted by molar-refractivity contribution is 0.324. The number of halogens is 1. The number of nitrogens with two attached hydrogens (primary N) is 1. The number of methoxy groups -OCH3 is 3. The SMILES string of the molecule is COc1cc(Nc2ncc(N)cc2Br)cc(OC)c1OC. The number of anilines is 3. The Bertz CT molecular complexity index is 624. The van der Waals surface area contributed by atoms with Crippen molar-refractivity contribution < 1.29 is 14.2 Å². The van der Waals surface area contributed by atoms with Crippen LogP contribution in [0, 0.1) is 0 Å². The van der Waals surface area contributed by atoms with Gasteiger partial charge in [0.05, 0.1) is 37.7 Å². The van der Waals surface area contributed by atoms with Crippen LogP contribution < -0.4 is 25.3 Å². The van der Waals surface area contributed by atoms with E-state index in [9.17, 15) is 0 Å². The molecular weight excluding hydrogens is 338 g/mol. The number of aromatic nitrogens is 1. The molecule has 3 N–H and O–H groups in total. The van der Waals surface area contributed by atoms with E-state index in [1.165, 1.54) is 0 Å². The number of hydrogen-bond donors (Lipinski definition) is 2. The number of nitrogens with zero attached hydrogens (tertiary/aromatic N) is 1. The Kier molecular flexibility index (Phi) is 4.74. The fourth-order valence-corrected chi connectivity index (χ4v) is 2.30. The molecule has 2 aromatic rings. The van der Waals surface area contributed by atoms with Gasteiger partial charge in [-0.2, -0.15) is 0 Å². The molecule has 0 amide bonds. The predicted molar refractivity (Wildman–Crippen MR) is 85.7 cm³/mol. The molecule has 0 saturated carbocycles. The molecule has 1 heterocycles. The monoisotopic (exact) mass is 353 g/mol. The fraction of sp³-hybridized carbons (Fsp3) is 0.214. The van der Waals surface area contributed by atoms with Crippen LogP contribution in [0.4, 0.5) is 17.2 Å². The Balaban J connectivity index is 2.40. The molecule has 0 aliphatic heterocycles. The molecule has 1 aromatic carbocycles. The molecule has 7 heteroatoms. The number of pyridine rings is 1. The molecule has 0 bridgehead atoms. The van der Waals surface area contributed by atoms with E-state index in [0.29, 0.717) is 28.8 Å². The maximum absolute atomic E-state index is 5.67. The summed E-state index contributed by atoms with van der Waals surface area (Å²) in [5, 5.41) is 3.17. The van der Waals surface area contributed by atoms with Crippen molar-refractivity contribution in [3.8, 4) is 17.2 Å². The molecule has 0 unspecified atom stereocenters. The van der Waals surface area contributed by atoms with E-state index < -0.39 is 0 Å². The van der Waals surface area contributed by atoms with Crippen molar-refractivity contribution in [1.82, 2.24) is 4.98 Å². The van der Waals surface area contributed by atoms with Gasteiger partial charge in [-0.3, -0.25) is 0 Å². The van der Waals surface area contributed by atoms with Gasteiger partial charge in [-0.1, -0.05) is 0 Å². The minimum absolute atomic E-state index is 0.537. The Morgan fingerprint density at radius 3 is 2.14 bits per heavy atom. The van der Waals surface area contributed by atoms with Gasteiger partial charge >= 0.3 is 0 Å². The second-order valence-electron chi connectivity index (χ2n) is 4.14. The van der Waals surface area contributed by atoms with Gasteiger partial charge in [0, 0.05) is 17.8 Å². The lowest BCUT2D eigenvalue weighted by Gasteiger charge is -2.15. The summed E-state index contributed by atoms with van der Waals surface area (Å²) < 4.78 is 16.7. The van der Waals surface area contributed by atoms with Gasteiger partial charge in [0.2, 0.25) is 5.75 Å². The smallest absolute Gasteiger partial charge is 0.203 e. The van der Waals surface area contributed by atoms with Crippen molar-refractivity contribution in [2.75, 3.05) is 32.4 Å². The first-order chi connectivity index (χ1) is 10.1. The zero-order valence-corrected chi connectivity index (χ0v) is 13.5. The first-order valence-corrected chi connectivity index (χ1v) is 6.86. The molecule has 21 heavy (non-hydrogen) atoms. The second-order valence-corrected chi connectivity index (χ2v) is 4.99. The van der Waals surface area contributed by atoms with Crippen LogP contribution in [0.15, 0.2) is 28.9 Å². The van der Waals surface area contributed by atoms with Crippen LogP contribution in [-0.2, 0) is 0 Å². The number of hydrogen-bond acceptors (Lipinski definition) is 6. The molecule has 0 aliphatic carbocycles. The maximum Gasteiger partial charge on any atom is 0.203 e. The number of rotatable bonds is 5. The quantitative estimate of drug-likeness (QED) is 0.859. The second kappa shape index (κ2) is 6.53. The Labute approximate surface area is 131 Å². The fourth-order valence-electron chi connectivity index (χ4n) is 1.83. The normalized spacial score (nSPS) is 10.1. The van der Waals surface area contributed by atoms with E-state index in [4.69, 9.17) is 19.9 Å². The molecular formula is C14H16BrN3O3. The summed E-state index contributed by atoms with van der Waals surface area (Å²) in [7, 11) is 4.70. The van der Waals surface area contributed by atoms with E-state index in [1.807, 2.05) is 0 Å². The highest BCUT2D eigenvalue weighted by atomic mass is 79.9. The Morgan fingerprint density at radius 2 is 1.67 bits per heavy atom. The van der Waals surface area contributed by atoms with Crippen molar-refractivity contribution in [1.29, 1.82) is 0 Å². The zero-order chi connectivity index (χ0) is 15.4. The summed E-state index contributed by atoms with van der Waals surface area (Å²) >= 11 is 3.41. The van der Waals surface area contributed by atoms with Gasteiger partial charge in [-0.15, -0.1) is 0 Å². The molecule has 0 aliphatic rings. The molecule has 1 aromatic heterocycles. The third-order valence-corrected chi connectivity index (χ3v) is 3.39. The van der Waals surface area contributed by atoms with E-state index in [2.05, 4.69) is 26.2 Å². The van der Waals surface area contributed by atoms with E-state index in [-0.39, 0.29) is 0 Å². The van der Waals surface area contributed by atoms with Gasteiger partial charge in [0.1, 0.15) is 5.82 Å². The molecule has 2 rings (SSSR count). The van der Waals surface area contributed by atoms with E-state index in [0.717, 1.165) is 10.2 Å². The average molecular weight is 354 g/mol. The average Bonchev–Trinajstić information content (AvgIpc) is 2.49. The Morgan fingerprint density at radius 1 is 1.05 bits per heavy atom. The highest BCUT2D eigenvalue weighted by molar-refractivity contribution is 9.10. The highest BCUT2D eigenvalue weighted by Gasteiger charge is 2.14. The molecule has 0 fully saturated rings. The van der Waals surface area contributed by atoms with Crippen LogP contribution in [0.1, 0.15) is 0 Å². The van der Waals surface area contributed by atoms with E-state index >= 15 is 0 Å². The third kappa shape index (κ3) is 3.30. The molecule has 0 atom stereocenters. The van der Waals surface area contributed by atoms with E-state index in [1.54, 1.807) is 45.7 Å². The van der Waals surface area contributed by atoms with Crippen LogP contribution >= 0.6 is 15.9 Å². The number of ether oxygens (including phenoxy) is 3. The summed E-state index contributed by atoms with van der Waals surface area (Å²) in [5.74, 6) is 2.30. The molecule has 0 radical (unpaired) electrons. The summed E-state index contributed by atoms with van der Waals surface area (Å²) in [6, 6.07) is 5.37. The maximum atomic E-state index is 5.67. The Hall–Kier alpha value is -2.15. The number of nitrogen functional groups attached to an aromatic ring is 1. The van der Waals surface area contributed by atoms with Gasteiger partial charge in [-0.05, 0) is 22.0 Å². The van der Waals surface area contributed by atoms with Crippen molar-refractivity contribution >= 4 is 33.1 Å². The van der Waals surface area contributed by atoms with Crippen molar-refractivity contribution in [2.45, 2.75) is 0 Å². The topological polar surface area (TPSA) is 78.6 Å². The lowest BCUT2D eigenvalue weighted by Crippen LogP contribution is -2.00. The van der Waals surface area contributed by atoms with Crippen LogP contribution in [0.5, 0.6) is 17.2 Å². The largest absolute Gasteiger partial charge is 0.493 e. The van der Waals surface area contributed by atoms with Crippen molar-refractivity contribution in [3.05, 3.63) is 28.9 Å². The van der Waals surface area contributed by atoms with Gasteiger partial charge < -0.3 is 25.3 Å². The van der Waals surface area contributed by atoms with Crippen LogP contribution in [0.25, 0.3) is 0 Å². The first-order valence-electron chi connectivity index (χ1n) is 6.07. The number of nitrogens with one attached hydrogen (secondary N) is 1. The standard InChI is InChI=1S/C14H16BrN3O3/c1-19-11-5-9(6-12(20-2)13(11)21-3)18-14-10(15)4-8(16)7-17-14/h4-7H,16H2,1-3H3,(H,17,18). The van der Waals surface area contributed by atoms with Crippen LogP contribution in [-0.4, -0.2) is 26.3 Å². The minimum atomic E-state index is 0.537. The summed E-state index contributed by atoms with van der Waals surface area (Å²) in [5.41, 5.74) is 7.01. The lowest BCUT2D eigenvalue weighted by atomic mass is 10.2. The highest BCUT2D eigenvalue weighted by Crippen LogP contribution is 2.40.